The first-order valence-electron chi connectivity index (χ1n) is 9.50. The molecule has 0 saturated carbocycles. The summed E-state index contributed by atoms with van der Waals surface area (Å²) in [6.45, 7) is 1.98. The maximum atomic E-state index is 12.3. The molecule has 0 radical (unpaired) electrons. The smallest absolute Gasteiger partial charge is 0.227 e. The lowest BCUT2D eigenvalue weighted by Gasteiger charge is -2.14. The molecule has 146 valence electrons. The molecule has 29 heavy (non-hydrogen) atoms. The Labute approximate surface area is 173 Å². The average Bonchev–Trinajstić information content (AvgIpc) is 3.45. The maximum absolute atomic E-state index is 12.3. The van der Waals surface area contributed by atoms with Crippen LogP contribution in [0.2, 0.25) is 0 Å². The zero-order valence-corrected chi connectivity index (χ0v) is 16.9. The molecule has 1 atom stereocenters. The van der Waals surface area contributed by atoms with Gasteiger partial charge in [-0.05, 0) is 35.1 Å². The van der Waals surface area contributed by atoms with Crippen molar-refractivity contribution >= 4 is 17.2 Å². The van der Waals surface area contributed by atoms with Crippen LogP contribution in [-0.4, -0.2) is 16.0 Å². The molecular formula is C23H21N3O2S. The highest BCUT2D eigenvalue weighted by molar-refractivity contribution is 7.13. The number of benzene rings is 2. The molecule has 4 aromatic rings. The molecule has 0 bridgehead atoms. The van der Waals surface area contributed by atoms with Gasteiger partial charge in [-0.1, -0.05) is 65.8 Å². The summed E-state index contributed by atoms with van der Waals surface area (Å²) in [7, 11) is 0. The molecule has 0 aliphatic heterocycles. The first-order valence-corrected chi connectivity index (χ1v) is 10.4. The van der Waals surface area contributed by atoms with E-state index in [9.17, 15) is 4.79 Å². The lowest BCUT2D eigenvalue weighted by molar-refractivity contribution is -0.121. The summed E-state index contributed by atoms with van der Waals surface area (Å²) in [5.74, 6) is 1.01. The molecular weight excluding hydrogens is 382 g/mol. The van der Waals surface area contributed by atoms with E-state index in [1.165, 1.54) is 5.56 Å². The number of carbonyl (C=O) groups excluding carboxylic acids is 1. The van der Waals surface area contributed by atoms with Crippen LogP contribution in [0.1, 0.15) is 30.8 Å². The molecule has 6 heteroatoms. The van der Waals surface area contributed by atoms with Gasteiger partial charge < -0.3 is 9.84 Å². The molecule has 2 heterocycles. The zero-order valence-electron chi connectivity index (χ0n) is 16.0. The predicted molar refractivity (Wildman–Crippen MR) is 114 cm³/mol. The quantitative estimate of drug-likeness (QED) is 0.456. The maximum Gasteiger partial charge on any atom is 0.227 e. The molecule has 0 aliphatic rings. The van der Waals surface area contributed by atoms with Crippen LogP contribution < -0.4 is 5.32 Å². The highest BCUT2D eigenvalue weighted by atomic mass is 32.1. The van der Waals surface area contributed by atoms with E-state index in [1.54, 1.807) is 11.3 Å². The Balaban J connectivity index is 1.30. The van der Waals surface area contributed by atoms with E-state index in [4.69, 9.17) is 4.52 Å². The van der Waals surface area contributed by atoms with Crippen molar-refractivity contribution in [3.8, 4) is 21.8 Å². The Kier molecular flexibility index (Phi) is 5.81. The van der Waals surface area contributed by atoms with Gasteiger partial charge in [-0.25, -0.2) is 0 Å². The van der Waals surface area contributed by atoms with E-state index in [-0.39, 0.29) is 11.9 Å². The van der Waals surface area contributed by atoms with Crippen molar-refractivity contribution in [2.45, 2.75) is 25.8 Å². The Hall–Kier alpha value is -3.25. The second-order valence-electron chi connectivity index (χ2n) is 6.77. The van der Waals surface area contributed by atoms with E-state index < -0.39 is 0 Å². The van der Waals surface area contributed by atoms with Crippen molar-refractivity contribution in [2.75, 3.05) is 0 Å². The van der Waals surface area contributed by atoms with E-state index in [0.717, 1.165) is 16.0 Å². The molecule has 0 spiro atoms. The van der Waals surface area contributed by atoms with Gasteiger partial charge in [0.2, 0.25) is 17.6 Å². The third-order valence-corrected chi connectivity index (χ3v) is 5.54. The average molecular weight is 404 g/mol. The Morgan fingerprint density at radius 1 is 1.03 bits per heavy atom. The van der Waals surface area contributed by atoms with Gasteiger partial charge in [0.25, 0.3) is 0 Å². The molecule has 2 aromatic heterocycles. The highest BCUT2D eigenvalue weighted by Gasteiger charge is 2.13. The first kappa shape index (κ1) is 19.1. The predicted octanol–water partition coefficient (Wildman–Crippen LogP) is 5.28. The number of nitrogens with zero attached hydrogens (tertiary/aromatic N) is 2. The summed E-state index contributed by atoms with van der Waals surface area (Å²) in [6, 6.07) is 22.3. The molecule has 4 rings (SSSR count). The van der Waals surface area contributed by atoms with E-state index >= 15 is 0 Å². The fraction of sp³-hybridized carbons (Fsp3) is 0.174. The van der Waals surface area contributed by atoms with Gasteiger partial charge in [0.1, 0.15) is 0 Å². The summed E-state index contributed by atoms with van der Waals surface area (Å²) in [5.41, 5.74) is 3.40. The topological polar surface area (TPSA) is 68.0 Å². The lowest BCUT2D eigenvalue weighted by atomic mass is 10.0. The molecule has 1 amide bonds. The second-order valence-corrected chi connectivity index (χ2v) is 7.71. The van der Waals surface area contributed by atoms with Gasteiger partial charge in [-0.2, -0.15) is 4.98 Å². The van der Waals surface area contributed by atoms with Crippen molar-refractivity contribution in [3.63, 3.8) is 0 Å². The van der Waals surface area contributed by atoms with Crippen LogP contribution in [0.25, 0.3) is 21.8 Å². The van der Waals surface area contributed by atoms with Crippen molar-refractivity contribution in [1.82, 2.24) is 15.5 Å². The summed E-state index contributed by atoms with van der Waals surface area (Å²) in [5, 5.41) is 8.97. The third-order valence-electron chi connectivity index (χ3n) is 4.67. The number of thiophene rings is 1. The Morgan fingerprint density at radius 2 is 1.79 bits per heavy atom. The number of carbonyl (C=O) groups is 1. The third kappa shape index (κ3) is 4.78. The Bertz CT molecular complexity index is 1060. The van der Waals surface area contributed by atoms with Crippen molar-refractivity contribution in [2.24, 2.45) is 0 Å². The standard InChI is InChI=1S/C23H21N3O2S/c1-16(17-9-11-19(12-10-17)18-6-3-2-4-7-18)24-21(27)13-14-22-25-23(26-28-22)20-8-5-15-29-20/h2-12,15-16H,13-14H2,1H3,(H,24,27)/t16-/m0/s1. The van der Waals surface area contributed by atoms with Crippen LogP contribution in [0.4, 0.5) is 0 Å². The van der Waals surface area contributed by atoms with E-state index in [2.05, 4.69) is 51.9 Å². The largest absolute Gasteiger partial charge is 0.350 e. The minimum Gasteiger partial charge on any atom is -0.350 e. The molecule has 5 nitrogen and oxygen atoms in total. The summed E-state index contributed by atoms with van der Waals surface area (Å²) in [4.78, 5) is 17.6. The van der Waals surface area contributed by atoms with Gasteiger partial charge in [0.05, 0.1) is 10.9 Å². The highest BCUT2D eigenvalue weighted by Crippen LogP contribution is 2.23. The SMILES string of the molecule is C[C@H](NC(=O)CCc1nc(-c2cccs2)no1)c1ccc(-c2ccccc2)cc1. The molecule has 0 aliphatic carbocycles. The molecule has 0 unspecified atom stereocenters. The van der Waals surface area contributed by atoms with Gasteiger partial charge in [0.15, 0.2) is 0 Å². The second kappa shape index (κ2) is 8.84. The number of hydrogen-bond donors (Lipinski definition) is 1. The normalized spacial score (nSPS) is 11.9. The number of aromatic nitrogens is 2. The number of hydrogen-bond acceptors (Lipinski definition) is 5. The van der Waals surface area contributed by atoms with E-state index in [1.807, 2.05) is 42.6 Å². The fourth-order valence-corrected chi connectivity index (χ4v) is 3.72. The minimum atomic E-state index is -0.0725. The monoisotopic (exact) mass is 403 g/mol. The Morgan fingerprint density at radius 3 is 2.52 bits per heavy atom. The van der Waals surface area contributed by atoms with E-state index in [0.29, 0.717) is 24.6 Å². The van der Waals surface area contributed by atoms with Crippen LogP contribution >= 0.6 is 11.3 Å². The summed E-state index contributed by atoms with van der Waals surface area (Å²) < 4.78 is 5.25. The molecule has 0 saturated heterocycles. The fourth-order valence-electron chi connectivity index (χ4n) is 3.07. The summed E-state index contributed by atoms with van der Waals surface area (Å²) >= 11 is 1.55. The van der Waals surface area contributed by atoms with Crippen LogP contribution in [-0.2, 0) is 11.2 Å². The van der Waals surface area contributed by atoms with Gasteiger partial charge in [-0.3, -0.25) is 4.79 Å². The number of rotatable bonds is 7. The van der Waals surface area contributed by atoms with Gasteiger partial charge in [0, 0.05) is 12.8 Å². The zero-order chi connectivity index (χ0) is 20.1. The van der Waals surface area contributed by atoms with Crippen LogP contribution in [0.5, 0.6) is 0 Å². The lowest BCUT2D eigenvalue weighted by Crippen LogP contribution is -2.26. The first-order chi connectivity index (χ1) is 14.2. The summed E-state index contributed by atoms with van der Waals surface area (Å²) in [6.07, 6.45) is 0.725. The van der Waals surface area contributed by atoms with Crippen LogP contribution in [0, 0.1) is 0 Å². The minimum absolute atomic E-state index is 0.0412. The van der Waals surface area contributed by atoms with Crippen molar-refractivity contribution in [3.05, 3.63) is 83.6 Å². The van der Waals surface area contributed by atoms with Gasteiger partial charge >= 0.3 is 0 Å². The van der Waals surface area contributed by atoms with Gasteiger partial charge in [-0.15, -0.1) is 11.3 Å². The molecule has 1 N–H and O–H groups in total. The molecule has 2 aromatic carbocycles. The number of amides is 1. The van der Waals surface area contributed by atoms with Crippen molar-refractivity contribution < 1.29 is 9.32 Å². The van der Waals surface area contributed by atoms with Crippen LogP contribution in [0.3, 0.4) is 0 Å². The van der Waals surface area contributed by atoms with Crippen molar-refractivity contribution in [1.29, 1.82) is 0 Å². The van der Waals surface area contributed by atoms with Crippen LogP contribution in [0.15, 0.2) is 76.6 Å². The molecule has 0 fully saturated rings. The number of aryl methyl sites for hydroxylation is 1. The number of nitrogens with one attached hydrogen (secondary N) is 1.